The topological polar surface area (TPSA) is 84.1 Å². The number of carbonyl (C=O) groups is 1. The lowest BCUT2D eigenvalue weighted by molar-refractivity contribution is -0.124. The van der Waals surface area contributed by atoms with Gasteiger partial charge in [-0.15, -0.1) is 0 Å². The number of carbonyl (C=O) groups excluding carboxylic acids is 1. The van der Waals surface area contributed by atoms with Gasteiger partial charge in [0.1, 0.15) is 11.6 Å². The van der Waals surface area contributed by atoms with Gasteiger partial charge in [-0.1, -0.05) is 41.6 Å². The number of aromatic nitrogens is 2. The number of benzene rings is 1. The van der Waals surface area contributed by atoms with Gasteiger partial charge in [0.25, 0.3) is 0 Å². The molecular weight excluding hydrogens is 346 g/mol. The number of anilines is 2. The molecule has 0 aliphatic carbocycles. The van der Waals surface area contributed by atoms with E-state index in [0.29, 0.717) is 17.5 Å². The van der Waals surface area contributed by atoms with Crippen LogP contribution in [0.15, 0.2) is 35.5 Å². The van der Waals surface area contributed by atoms with E-state index in [-0.39, 0.29) is 11.8 Å². The standard InChI is InChI=1S/C19H25N5OS/c1-13-5-7-14(8-6-13)12-26-19-22-16(20)10-17(23-19)24-9-3-4-15(11-24)18(25)21-2/h5-8,10,15H,3-4,9,11-12H2,1-2H3,(H,21,25)(H2,20,22,23)/t15-/m0/s1. The highest BCUT2D eigenvalue weighted by molar-refractivity contribution is 7.98. The summed E-state index contributed by atoms with van der Waals surface area (Å²) in [6.07, 6.45) is 1.87. The Bertz CT molecular complexity index is 765. The van der Waals surface area contributed by atoms with E-state index in [0.717, 1.165) is 31.0 Å². The first-order valence-corrected chi connectivity index (χ1v) is 9.83. The number of rotatable bonds is 5. The molecule has 1 aliphatic heterocycles. The Morgan fingerprint density at radius 3 is 2.85 bits per heavy atom. The van der Waals surface area contributed by atoms with Crippen LogP contribution in [0.25, 0.3) is 0 Å². The third kappa shape index (κ3) is 4.66. The zero-order valence-corrected chi connectivity index (χ0v) is 16.1. The van der Waals surface area contributed by atoms with Crippen LogP contribution in [0, 0.1) is 12.8 Å². The number of aryl methyl sites for hydroxylation is 1. The van der Waals surface area contributed by atoms with Crippen LogP contribution in [0.4, 0.5) is 11.6 Å². The van der Waals surface area contributed by atoms with Gasteiger partial charge in [0.15, 0.2) is 5.16 Å². The molecule has 6 nitrogen and oxygen atoms in total. The smallest absolute Gasteiger partial charge is 0.224 e. The van der Waals surface area contributed by atoms with Crippen LogP contribution in [0.2, 0.25) is 0 Å². The molecule has 26 heavy (non-hydrogen) atoms. The maximum atomic E-state index is 12.0. The van der Waals surface area contributed by atoms with Gasteiger partial charge in [-0.05, 0) is 25.3 Å². The van der Waals surface area contributed by atoms with Crippen molar-refractivity contribution in [2.24, 2.45) is 5.92 Å². The molecule has 2 aromatic rings. The van der Waals surface area contributed by atoms with E-state index in [1.54, 1.807) is 24.9 Å². The highest BCUT2D eigenvalue weighted by Crippen LogP contribution is 2.27. The highest BCUT2D eigenvalue weighted by atomic mass is 32.2. The van der Waals surface area contributed by atoms with Crippen molar-refractivity contribution >= 4 is 29.3 Å². The molecule has 0 spiro atoms. The Morgan fingerprint density at radius 1 is 1.35 bits per heavy atom. The monoisotopic (exact) mass is 371 g/mol. The second-order valence-electron chi connectivity index (χ2n) is 6.61. The Labute approximate surface area is 158 Å². The van der Waals surface area contributed by atoms with Gasteiger partial charge in [-0.2, -0.15) is 0 Å². The maximum absolute atomic E-state index is 12.0. The summed E-state index contributed by atoms with van der Waals surface area (Å²) in [7, 11) is 1.68. The summed E-state index contributed by atoms with van der Waals surface area (Å²) in [5.74, 6) is 2.14. The maximum Gasteiger partial charge on any atom is 0.224 e. The predicted molar refractivity (Wildman–Crippen MR) is 106 cm³/mol. The van der Waals surface area contributed by atoms with E-state index < -0.39 is 0 Å². The second kappa shape index (κ2) is 8.40. The third-order valence-corrected chi connectivity index (χ3v) is 5.48. The molecule has 1 atom stereocenters. The van der Waals surface area contributed by atoms with Gasteiger partial charge in [-0.3, -0.25) is 4.79 Å². The molecule has 2 heterocycles. The highest BCUT2D eigenvalue weighted by Gasteiger charge is 2.26. The molecule has 3 rings (SSSR count). The van der Waals surface area contributed by atoms with Crippen molar-refractivity contribution < 1.29 is 4.79 Å². The fraction of sp³-hybridized carbons (Fsp3) is 0.421. The van der Waals surface area contributed by atoms with E-state index in [1.165, 1.54) is 11.1 Å². The minimum atomic E-state index is -0.00592. The molecule has 0 saturated carbocycles. The molecule has 1 aromatic heterocycles. The molecule has 7 heteroatoms. The SMILES string of the molecule is CNC(=O)[C@H]1CCCN(c2cc(N)nc(SCc3ccc(C)cc3)n2)C1. The van der Waals surface area contributed by atoms with Crippen molar-refractivity contribution in [3.8, 4) is 0 Å². The quantitative estimate of drug-likeness (QED) is 0.621. The molecule has 3 N–H and O–H groups in total. The number of hydrogen-bond donors (Lipinski definition) is 2. The first-order chi connectivity index (χ1) is 12.5. The molecule has 138 valence electrons. The minimum absolute atomic E-state index is 0.00592. The lowest BCUT2D eigenvalue weighted by Gasteiger charge is -2.32. The minimum Gasteiger partial charge on any atom is -0.383 e. The molecule has 1 amide bonds. The van der Waals surface area contributed by atoms with Crippen molar-refractivity contribution in [1.29, 1.82) is 0 Å². The normalized spacial score (nSPS) is 17.2. The van der Waals surface area contributed by atoms with Crippen LogP contribution in [0.3, 0.4) is 0 Å². The second-order valence-corrected chi connectivity index (χ2v) is 7.55. The van der Waals surface area contributed by atoms with Crippen molar-refractivity contribution in [2.45, 2.75) is 30.7 Å². The number of amides is 1. The van der Waals surface area contributed by atoms with Gasteiger partial charge in [0, 0.05) is 32.0 Å². The third-order valence-electron chi connectivity index (χ3n) is 4.56. The lowest BCUT2D eigenvalue weighted by Crippen LogP contribution is -2.42. The average Bonchev–Trinajstić information content (AvgIpc) is 2.66. The summed E-state index contributed by atoms with van der Waals surface area (Å²) >= 11 is 1.58. The van der Waals surface area contributed by atoms with Crippen molar-refractivity contribution in [3.05, 3.63) is 41.5 Å². The van der Waals surface area contributed by atoms with Crippen LogP contribution in [0.5, 0.6) is 0 Å². The van der Waals surface area contributed by atoms with E-state index in [2.05, 4.69) is 51.4 Å². The van der Waals surface area contributed by atoms with Crippen molar-refractivity contribution in [2.75, 3.05) is 30.8 Å². The van der Waals surface area contributed by atoms with Crippen molar-refractivity contribution in [3.63, 3.8) is 0 Å². The molecule has 0 unspecified atom stereocenters. The Balaban J connectivity index is 1.70. The van der Waals surface area contributed by atoms with Gasteiger partial charge >= 0.3 is 0 Å². The molecular formula is C19H25N5OS. The Morgan fingerprint density at radius 2 is 2.12 bits per heavy atom. The predicted octanol–water partition coefficient (Wildman–Crippen LogP) is 2.62. The van der Waals surface area contributed by atoms with E-state index in [9.17, 15) is 4.79 Å². The average molecular weight is 372 g/mol. The fourth-order valence-corrected chi connectivity index (χ4v) is 3.91. The molecule has 0 bridgehead atoms. The number of thioether (sulfide) groups is 1. The molecule has 1 fully saturated rings. The summed E-state index contributed by atoms with van der Waals surface area (Å²) in [5, 5.41) is 3.41. The molecule has 1 aliphatic rings. The summed E-state index contributed by atoms with van der Waals surface area (Å²) in [6, 6.07) is 10.2. The van der Waals surface area contributed by atoms with Crippen LogP contribution in [-0.4, -0.2) is 36.0 Å². The van der Waals surface area contributed by atoms with Gasteiger partial charge in [0.05, 0.1) is 5.92 Å². The Hall–Kier alpha value is -2.28. The van der Waals surface area contributed by atoms with E-state index in [4.69, 9.17) is 5.73 Å². The summed E-state index contributed by atoms with van der Waals surface area (Å²) in [5.41, 5.74) is 8.48. The molecule has 1 aromatic carbocycles. The number of nitrogens with two attached hydrogens (primary N) is 1. The van der Waals surface area contributed by atoms with E-state index in [1.807, 2.05) is 0 Å². The van der Waals surface area contributed by atoms with Gasteiger partial charge in [-0.25, -0.2) is 9.97 Å². The fourth-order valence-electron chi connectivity index (χ4n) is 3.09. The molecule has 1 saturated heterocycles. The molecule has 0 radical (unpaired) electrons. The van der Waals surface area contributed by atoms with Crippen LogP contribution in [-0.2, 0) is 10.5 Å². The van der Waals surface area contributed by atoms with Crippen LogP contribution in [0.1, 0.15) is 24.0 Å². The van der Waals surface area contributed by atoms with Gasteiger partial charge in [0.2, 0.25) is 5.91 Å². The first kappa shape index (κ1) is 18.5. The first-order valence-electron chi connectivity index (χ1n) is 8.84. The number of nitrogens with zero attached hydrogens (tertiary/aromatic N) is 3. The zero-order valence-electron chi connectivity index (χ0n) is 15.2. The number of hydrogen-bond acceptors (Lipinski definition) is 6. The van der Waals surface area contributed by atoms with Crippen molar-refractivity contribution in [1.82, 2.24) is 15.3 Å². The summed E-state index contributed by atoms with van der Waals surface area (Å²) in [4.78, 5) is 23.1. The van der Waals surface area contributed by atoms with Gasteiger partial charge < -0.3 is 16.0 Å². The lowest BCUT2D eigenvalue weighted by atomic mass is 9.97. The van der Waals surface area contributed by atoms with Crippen LogP contribution < -0.4 is 16.0 Å². The van der Waals surface area contributed by atoms with E-state index >= 15 is 0 Å². The summed E-state index contributed by atoms with van der Waals surface area (Å²) in [6.45, 7) is 3.62. The number of piperidine rings is 1. The Kier molecular flexibility index (Phi) is 5.98. The number of nitrogen functional groups attached to an aromatic ring is 1. The largest absolute Gasteiger partial charge is 0.383 e. The van der Waals surface area contributed by atoms with Crippen LogP contribution >= 0.6 is 11.8 Å². The number of nitrogens with one attached hydrogen (secondary N) is 1. The summed E-state index contributed by atoms with van der Waals surface area (Å²) < 4.78 is 0. The zero-order chi connectivity index (χ0) is 18.5.